The smallest absolute Gasteiger partial charge is 0.229 e. The van der Waals surface area contributed by atoms with Gasteiger partial charge >= 0.3 is 0 Å². The van der Waals surface area contributed by atoms with Crippen LogP contribution >= 0.6 is 0 Å². The number of phenolic OH excluding ortho intramolecular Hbond substituents is 1. The third-order valence-corrected chi connectivity index (χ3v) is 7.32. The van der Waals surface area contributed by atoms with Crippen LogP contribution in [0.4, 0.5) is 0 Å². The molecule has 2 aromatic rings. The predicted octanol–water partition coefficient (Wildman–Crippen LogP) is -0.871. The van der Waals surface area contributed by atoms with Crippen LogP contribution in [0.3, 0.4) is 0 Å². The Hall–Kier alpha value is -2.85. The highest BCUT2D eigenvalue weighted by molar-refractivity contribution is 6.02. The summed E-state index contributed by atoms with van der Waals surface area (Å²) in [6.45, 7) is 0.746. The van der Waals surface area contributed by atoms with Gasteiger partial charge in [0.05, 0.1) is 19.1 Å². The first kappa shape index (κ1) is 28.7. The van der Waals surface area contributed by atoms with Crippen molar-refractivity contribution in [2.75, 3.05) is 6.61 Å². The van der Waals surface area contributed by atoms with Crippen molar-refractivity contribution in [1.29, 1.82) is 0 Å². The number of carbonyl (C=O) groups excluding carboxylic acids is 1. The van der Waals surface area contributed by atoms with E-state index in [1.54, 1.807) is 24.3 Å². The number of benzene rings is 2. The maximum Gasteiger partial charge on any atom is 0.229 e. The number of aliphatic hydroxyl groups is 6. The highest BCUT2D eigenvalue weighted by Crippen LogP contribution is 2.42. The molecule has 2 saturated heterocycles. The second-order valence-electron chi connectivity index (χ2n) is 10.1. The van der Waals surface area contributed by atoms with Gasteiger partial charge < -0.3 is 59.4 Å². The summed E-state index contributed by atoms with van der Waals surface area (Å²) < 4.78 is 28.7. The molecular formula is C27H32O13. The predicted molar refractivity (Wildman–Crippen MR) is 132 cm³/mol. The quantitative estimate of drug-likeness (QED) is 0.228. The van der Waals surface area contributed by atoms with Gasteiger partial charge in [0, 0.05) is 12.1 Å². The normalized spacial score (nSPS) is 37.9. The highest BCUT2D eigenvalue weighted by Gasteiger charge is 2.51. The second-order valence-corrected chi connectivity index (χ2v) is 10.1. The van der Waals surface area contributed by atoms with Gasteiger partial charge in [-0.3, -0.25) is 4.79 Å². The maximum atomic E-state index is 12.8. The van der Waals surface area contributed by atoms with Crippen LogP contribution in [-0.2, 0) is 14.2 Å². The van der Waals surface area contributed by atoms with Crippen molar-refractivity contribution in [3.05, 3.63) is 53.6 Å². The molecular weight excluding hydrogens is 532 g/mol. The number of aromatic hydroxyl groups is 1. The Kier molecular flexibility index (Phi) is 8.29. The van der Waals surface area contributed by atoms with Crippen LogP contribution in [0, 0.1) is 0 Å². The molecule has 0 saturated carbocycles. The van der Waals surface area contributed by atoms with Gasteiger partial charge in [-0.05, 0) is 12.5 Å². The molecule has 0 unspecified atom stereocenters. The lowest BCUT2D eigenvalue weighted by Gasteiger charge is -2.45. The number of ketones is 1. The number of Topliss-reactive ketones (excluding diaryl/α,β-unsaturated/α-hetero) is 1. The fourth-order valence-corrected chi connectivity index (χ4v) is 5.05. The van der Waals surface area contributed by atoms with E-state index in [0.717, 1.165) is 11.6 Å². The number of phenols is 1. The van der Waals surface area contributed by atoms with Gasteiger partial charge in [0.1, 0.15) is 65.5 Å². The minimum Gasteiger partial charge on any atom is -0.507 e. The summed E-state index contributed by atoms with van der Waals surface area (Å²) in [6.07, 6.45) is -15.6. The van der Waals surface area contributed by atoms with Crippen LogP contribution in [0.15, 0.2) is 42.5 Å². The molecule has 5 rings (SSSR count). The van der Waals surface area contributed by atoms with Crippen molar-refractivity contribution in [3.8, 4) is 17.2 Å². The van der Waals surface area contributed by atoms with Gasteiger partial charge in [-0.1, -0.05) is 30.3 Å². The molecule has 13 nitrogen and oxygen atoms in total. The lowest BCUT2D eigenvalue weighted by molar-refractivity contribution is -0.354. The number of hydrogen-bond acceptors (Lipinski definition) is 13. The Morgan fingerprint density at radius 2 is 1.62 bits per heavy atom. The van der Waals surface area contributed by atoms with E-state index in [4.69, 9.17) is 23.7 Å². The lowest BCUT2D eigenvalue weighted by Crippen LogP contribution is -2.64. The maximum absolute atomic E-state index is 12.8. The zero-order valence-electron chi connectivity index (χ0n) is 21.4. The van der Waals surface area contributed by atoms with E-state index in [0.29, 0.717) is 0 Å². The van der Waals surface area contributed by atoms with Crippen molar-refractivity contribution < 1.29 is 64.2 Å². The largest absolute Gasteiger partial charge is 0.507 e. The Balaban J connectivity index is 1.41. The molecule has 2 aromatic carbocycles. The van der Waals surface area contributed by atoms with Gasteiger partial charge in [-0.2, -0.15) is 0 Å². The average Bonchev–Trinajstić information content (AvgIpc) is 2.94. The lowest BCUT2D eigenvalue weighted by atomic mass is 9.95. The van der Waals surface area contributed by atoms with Crippen LogP contribution in [0.5, 0.6) is 17.2 Å². The molecule has 13 heteroatoms. The highest BCUT2D eigenvalue weighted by atomic mass is 16.8. The second kappa shape index (κ2) is 11.6. The van der Waals surface area contributed by atoms with Crippen molar-refractivity contribution in [2.45, 2.75) is 80.9 Å². The Morgan fingerprint density at radius 1 is 0.900 bits per heavy atom. The zero-order valence-corrected chi connectivity index (χ0v) is 21.4. The first-order chi connectivity index (χ1) is 19.1. The van der Waals surface area contributed by atoms with Gasteiger partial charge in [0.15, 0.2) is 18.2 Å². The molecule has 7 N–H and O–H groups in total. The summed E-state index contributed by atoms with van der Waals surface area (Å²) >= 11 is 0. The molecule has 40 heavy (non-hydrogen) atoms. The standard InChI is InChI=1S/C27H32O13/c1-11-20(31)22(33)24(35)26(36-11)40-25-23(34)21(32)18(10-28)39-27(25)37-13-7-14(29)19-15(30)9-16(38-17(19)8-13)12-5-3-2-4-6-12/h2-8,11,16,18,20-29,31-35H,9-10H2,1H3/t11-,16+,18-,20-,21-,22-,23+,24-,25-,26-,27-/m0/s1. The summed E-state index contributed by atoms with van der Waals surface area (Å²) in [6, 6.07) is 11.5. The van der Waals surface area contributed by atoms with Crippen LogP contribution in [-0.4, -0.2) is 110 Å². The summed E-state index contributed by atoms with van der Waals surface area (Å²) in [5, 5.41) is 72.1. The molecule has 0 amide bonds. The number of hydrogen-bond donors (Lipinski definition) is 7. The fourth-order valence-electron chi connectivity index (χ4n) is 5.05. The van der Waals surface area contributed by atoms with Gasteiger partial charge in [0.25, 0.3) is 0 Å². The van der Waals surface area contributed by atoms with E-state index in [-0.39, 0.29) is 29.3 Å². The summed E-state index contributed by atoms with van der Waals surface area (Å²) in [5.74, 6) is -0.782. The summed E-state index contributed by atoms with van der Waals surface area (Å²) in [7, 11) is 0. The van der Waals surface area contributed by atoms with Gasteiger partial charge in [-0.25, -0.2) is 0 Å². The Labute approximate surface area is 228 Å². The van der Waals surface area contributed by atoms with E-state index < -0.39 is 79.9 Å². The first-order valence-electron chi connectivity index (χ1n) is 12.8. The SMILES string of the molecule is C[C@@H]1O[C@@H](O[C@@H]2[C@@H](Oc3cc(O)c4c(c3)O[C@@H](c3ccccc3)CC4=O)O[C@@H](CO)[C@H](O)[C@H]2O)[C@@H](O)[C@@H](O)[C@H]1O. The van der Waals surface area contributed by atoms with Crippen LogP contribution < -0.4 is 9.47 Å². The molecule has 0 aromatic heterocycles. The van der Waals surface area contributed by atoms with Crippen LogP contribution in [0.1, 0.15) is 35.4 Å². The average molecular weight is 565 g/mol. The topological polar surface area (TPSA) is 205 Å². The Bertz CT molecular complexity index is 1190. The van der Waals surface area contributed by atoms with Crippen molar-refractivity contribution in [3.63, 3.8) is 0 Å². The molecule has 3 aliphatic heterocycles. The molecule has 0 bridgehead atoms. The van der Waals surface area contributed by atoms with E-state index >= 15 is 0 Å². The van der Waals surface area contributed by atoms with E-state index in [1.807, 2.05) is 6.07 Å². The van der Waals surface area contributed by atoms with Crippen molar-refractivity contribution in [2.24, 2.45) is 0 Å². The zero-order chi connectivity index (χ0) is 28.7. The Morgan fingerprint density at radius 3 is 2.33 bits per heavy atom. The number of ether oxygens (including phenoxy) is 5. The molecule has 2 fully saturated rings. The molecule has 11 atom stereocenters. The molecule has 0 radical (unpaired) electrons. The first-order valence-corrected chi connectivity index (χ1v) is 12.8. The van der Waals surface area contributed by atoms with Crippen molar-refractivity contribution >= 4 is 5.78 Å². The van der Waals surface area contributed by atoms with Gasteiger partial charge in [-0.15, -0.1) is 0 Å². The molecule has 0 spiro atoms. The summed E-state index contributed by atoms with van der Waals surface area (Å²) in [5.41, 5.74) is 0.729. The monoisotopic (exact) mass is 564 g/mol. The third kappa shape index (κ3) is 5.40. The van der Waals surface area contributed by atoms with E-state index in [2.05, 4.69) is 0 Å². The summed E-state index contributed by atoms with van der Waals surface area (Å²) in [4.78, 5) is 12.8. The molecule has 3 aliphatic rings. The van der Waals surface area contributed by atoms with Crippen LogP contribution in [0.2, 0.25) is 0 Å². The van der Waals surface area contributed by atoms with Crippen molar-refractivity contribution in [1.82, 2.24) is 0 Å². The van der Waals surface area contributed by atoms with Crippen LogP contribution in [0.25, 0.3) is 0 Å². The fraction of sp³-hybridized carbons (Fsp3) is 0.519. The molecule has 218 valence electrons. The number of fused-ring (bicyclic) bond motifs is 1. The van der Waals surface area contributed by atoms with E-state index in [9.17, 15) is 40.5 Å². The molecule has 0 aliphatic carbocycles. The minimum absolute atomic E-state index is 0.0113. The van der Waals surface area contributed by atoms with E-state index in [1.165, 1.54) is 13.0 Å². The number of rotatable bonds is 6. The number of aliphatic hydroxyl groups excluding tert-OH is 6. The number of carbonyl (C=O) groups is 1. The third-order valence-electron chi connectivity index (χ3n) is 7.32. The van der Waals surface area contributed by atoms with Gasteiger partial charge in [0.2, 0.25) is 6.29 Å². The minimum atomic E-state index is -1.73. The molecule has 3 heterocycles.